The zero-order chi connectivity index (χ0) is 44.3. The van der Waals surface area contributed by atoms with Crippen LogP contribution < -0.4 is 11.5 Å². The summed E-state index contributed by atoms with van der Waals surface area (Å²) in [5.74, 6) is 0.854. The molecule has 0 unspecified atom stereocenters. The maximum Gasteiger partial charge on any atom is 0.278 e. The van der Waals surface area contributed by atoms with Crippen molar-refractivity contribution >= 4 is 99.5 Å². The number of hydrogen-bond donors (Lipinski definition) is 2. The van der Waals surface area contributed by atoms with Gasteiger partial charge in [0.2, 0.25) is 0 Å². The molecule has 0 spiro atoms. The zero-order valence-corrected chi connectivity index (χ0v) is 35.5. The molecule has 0 fully saturated rings. The quantitative estimate of drug-likeness (QED) is 0.0201. The molecule has 14 heteroatoms. The van der Waals surface area contributed by atoms with E-state index in [1.807, 2.05) is 39.5 Å². The van der Waals surface area contributed by atoms with Crippen LogP contribution >= 0.6 is 0 Å². The van der Waals surface area contributed by atoms with E-state index in [9.17, 15) is 29.8 Å². The second-order valence-electron chi connectivity index (χ2n) is 17.5. The molecule has 9 aromatic rings. The van der Waals surface area contributed by atoms with Crippen molar-refractivity contribution in [3.63, 3.8) is 0 Å². The largest absolute Gasteiger partial charge is 0.398 e. The number of non-ortho nitro benzene ring substituents is 2. The number of nitro groups is 2. The maximum atomic E-state index is 13.6. The fraction of sp³-hybridized carbons (Fsp3) is 0.280. The Morgan fingerprint density at radius 3 is 1.50 bits per heavy atom. The Bertz CT molecular complexity index is 3570. The third-order valence-electron chi connectivity index (χ3n) is 13.8. The smallest absolute Gasteiger partial charge is 0.278 e. The second-order valence-corrected chi connectivity index (χ2v) is 17.5. The zero-order valence-electron chi connectivity index (χ0n) is 35.5. The highest BCUT2D eigenvalue weighted by Gasteiger charge is 2.35. The third-order valence-corrected chi connectivity index (χ3v) is 13.8. The Kier molecular flexibility index (Phi) is 8.95. The van der Waals surface area contributed by atoms with Gasteiger partial charge in [0.1, 0.15) is 11.6 Å². The number of nitro benzene ring substituents is 2. The minimum atomic E-state index is -0.397. The summed E-state index contributed by atoms with van der Waals surface area (Å²) >= 11 is 0. The van der Waals surface area contributed by atoms with Crippen LogP contribution in [-0.4, -0.2) is 40.5 Å². The Morgan fingerprint density at radius 1 is 0.594 bits per heavy atom. The number of nitrogens with two attached hydrogens (primary N) is 2. The van der Waals surface area contributed by atoms with Gasteiger partial charge in [0, 0.05) is 69.4 Å². The van der Waals surface area contributed by atoms with Gasteiger partial charge >= 0.3 is 0 Å². The Labute approximate surface area is 365 Å². The molecule has 7 aromatic carbocycles. The topological polar surface area (TPSA) is 208 Å². The summed E-state index contributed by atoms with van der Waals surface area (Å²) in [4.78, 5) is 62.2. The van der Waals surface area contributed by atoms with Crippen LogP contribution in [-0.2, 0) is 13.1 Å². The lowest BCUT2D eigenvalue weighted by atomic mass is 9.82. The van der Waals surface area contributed by atoms with E-state index in [0.717, 1.165) is 41.2 Å². The van der Waals surface area contributed by atoms with E-state index >= 15 is 0 Å². The Balaban J connectivity index is 1.09. The van der Waals surface area contributed by atoms with Gasteiger partial charge in [-0.1, -0.05) is 83.1 Å². The number of nitrogens with zero attached hydrogens (tertiary/aromatic N) is 6. The van der Waals surface area contributed by atoms with E-state index in [4.69, 9.17) is 21.4 Å². The predicted octanol–water partition coefficient (Wildman–Crippen LogP) is 11.8. The number of carbonyl (C=O) groups excluding carboxylic acids is 2. The van der Waals surface area contributed by atoms with Crippen LogP contribution in [0.25, 0.3) is 87.9 Å². The van der Waals surface area contributed by atoms with Crippen molar-refractivity contribution in [2.24, 2.45) is 0 Å². The lowest BCUT2D eigenvalue weighted by Crippen LogP contribution is -2.12. The Morgan fingerprint density at radius 2 is 1.05 bits per heavy atom. The summed E-state index contributed by atoms with van der Waals surface area (Å²) in [5, 5.41) is 31.0. The van der Waals surface area contributed by atoms with Crippen molar-refractivity contribution in [1.29, 1.82) is 0 Å². The molecule has 2 aliphatic rings. The van der Waals surface area contributed by atoms with Gasteiger partial charge in [-0.25, -0.2) is 9.97 Å². The lowest BCUT2D eigenvalue weighted by Gasteiger charge is -2.25. The molecule has 0 bridgehead atoms. The molecule has 4 N–H and O–H groups in total. The van der Waals surface area contributed by atoms with Crippen molar-refractivity contribution in [2.45, 2.75) is 91.1 Å². The molecule has 14 nitrogen and oxygen atoms in total. The van der Waals surface area contributed by atoms with Crippen molar-refractivity contribution in [3.8, 4) is 22.8 Å². The van der Waals surface area contributed by atoms with Gasteiger partial charge in [0.25, 0.3) is 11.4 Å². The second kappa shape index (κ2) is 14.5. The molecule has 4 heterocycles. The van der Waals surface area contributed by atoms with Crippen LogP contribution in [0.5, 0.6) is 0 Å². The standard InChI is InChI=1S/C50H44N8O6/c1-3-5-6-7-8-9-10-11-12-42(60)30-18-38-36(22-34(30)52)54-50-32-20-40(58(63)64)46-27-15-13-25-23-55-37-17-29(41(59)4-2)33(51)21-35(37)53-49(55)31-19-39(57(61)62)45(47(27)43(25)31)28-16-14-26(24-56(38)50)44(32)48(28)46/h13-22H,3-12,23-24,51-52H2,1-2H3. The number of carbonyl (C=O) groups is 2. The number of rotatable bonds is 14. The number of unbranched alkanes of at least 4 members (excludes halogenated alkanes) is 7. The van der Waals surface area contributed by atoms with Crippen LogP contribution in [0.2, 0.25) is 0 Å². The van der Waals surface area contributed by atoms with Gasteiger partial charge in [-0.3, -0.25) is 29.8 Å². The van der Waals surface area contributed by atoms with Gasteiger partial charge in [-0.15, -0.1) is 0 Å². The number of nitrogen functional groups attached to an aromatic ring is 2. The summed E-state index contributed by atoms with van der Waals surface area (Å²) < 4.78 is 3.93. The average Bonchev–Trinajstić information content (AvgIpc) is 3.83. The molecule has 0 saturated heterocycles. The van der Waals surface area contributed by atoms with Gasteiger partial charge in [-0.2, -0.15) is 0 Å². The van der Waals surface area contributed by atoms with Crippen molar-refractivity contribution in [3.05, 3.63) is 103 Å². The first-order valence-corrected chi connectivity index (χ1v) is 22.2. The normalized spacial score (nSPS) is 12.9. The molecule has 0 amide bonds. The molecule has 320 valence electrons. The van der Waals surface area contributed by atoms with Crippen molar-refractivity contribution in [1.82, 2.24) is 19.1 Å². The summed E-state index contributed by atoms with van der Waals surface area (Å²) in [7, 11) is 0. The lowest BCUT2D eigenvalue weighted by molar-refractivity contribution is -0.383. The van der Waals surface area contributed by atoms with Crippen molar-refractivity contribution in [2.75, 3.05) is 11.5 Å². The number of fused-ring (bicyclic) bond motifs is 10. The van der Waals surface area contributed by atoms with Crippen LogP contribution in [0.4, 0.5) is 22.7 Å². The highest BCUT2D eigenvalue weighted by atomic mass is 16.6. The van der Waals surface area contributed by atoms with E-state index < -0.39 is 9.85 Å². The predicted molar refractivity (Wildman–Crippen MR) is 252 cm³/mol. The molecule has 0 saturated carbocycles. The number of Topliss-reactive ketones (excluding diaryl/α,β-unsaturated/α-hetero) is 2. The van der Waals surface area contributed by atoms with Gasteiger partial charge in [-0.05, 0) is 63.4 Å². The molecule has 0 atom stereocenters. The molecule has 64 heavy (non-hydrogen) atoms. The van der Waals surface area contributed by atoms with Gasteiger partial charge in [0.05, 0.1) is 55.8 Å². The minimum Gasteiger partial charge on any atom is -0.398 e. The molecule has 0 radical (unpaired) electrons. The number of anilines is 2. The van der Waals surface area contributed by atoms with Crippen LogP contribution in [0, 0.1) is 20.2 Å². The summed E-state index contributed by atoms with van der Waals surface area (Å²) in [6, 6.07) is 17.7. The first-order valence-electron chi connectivity index (χ1n) is 22.2. The van der Waals surface area contributed by atoms with E-state index in [-0.39, 0.29) is 29.4 Å². The number of imidazole rings is 2. The number of benzene rings is 7. The average molecular weight is 853 g/mol. The first-order chi connectivity index (χ1) is 31.0. The first kappa shape index (κ1) is 39.4. The van der Waals surface area contributed by atoms with Crippen LogP contribution in [0.15, 0.2) is 60.7 Å². The Hall–Kier alpha value is -7.48. The summed E-state index contributed by atoms with van der Waals surface area (Å²) in [6.45, 7) is 4.69. The number of aromatic nitrogens is 4. The molecular formula is C50H44N8O6. The number of ketones is 2. The van der Waals surface area contributed by atoms with Gasteiger partial charge in [0.15, 0.2) is 11.6 Å². The number of hydrogen-bond acceptors (Lipinski definition) is 10. The fourth-order valence-corrected chi connectivity index (χ4v) is 10.8. The molecule has 0 aliphatic carbocycles. The highest BCUT2D eigenvalue weighted by molar-refractivity contribution is 6.39. The van der Waals surface area contributed by atoms with Crippen molar-refractivity contribution < 1.29 is 19.4 Å². The van der Waals surface area contributed by atoms with E-state index in [2.05, 4.69) is 6.92 Å². The minimum absolute atomic E-state index is 0.0220. The van der Waals surface area contributed by atoms with E-state index in [1.165, 1.54) is 32.1 Å². The van der Waals surface area contributed by atoms with E-state index in [0.29, 0.717) is 119 Å². The van der Waals surface area contributed by atoms with Gasteiger partial charge < -0.3 is 20.6 Å². The summed E-state index contributed by atoms with van der Waals surface area (Å²) in [6.07, 6.45) is 9.66. The molecule has 2 aliphatic heterocycles. The third kappa shape index (κ3) is 5.63. The van der Waals surface area contributed by atoms with Crippen LogP contribution in [0.3, 0.4) is 0 Å². The monoisotopic (exact) mass is 852 g/mol. The maximum absolute atomic E-state index is 13.6. The van der Waals surface area contributed by atoms with Crippen LogP contribution in [0.1, 0.15) is 110 Å². The fourth-order valence-electron chi connectivity index (χ4n) is 10.8. The van der Waals surface area contributed by atoms with E-state index in [1.54, 1.807) is 37.3 Å². The molecule has 2 aromatic heterocycles. The summed E-state index contributed by atoms with van der Waals surface area (Å²) in [5.41, 5.74) is 19.3. The molecular weight excluding hydrogens is 809 g/mol. The highest BCUT2D eigenvalue weighted by Crippen LogP contribution is 2.54. The molecule has 11 rings (SSSR count). The SMILES string of the molecule is CCCCCCCCCCC(=O)c1cc2c(cc1N)nc1n2Cc2ccc3c4c([N+](=O)[O-])cc5c6c(ccc(c7c([N+](=O)[O-])cc-1c2c37)c64)Cn1c-5nc2cc(N)c(C(=O)CC)cc21.